The Morgan fingerprint density at radius 3 is 2.75 bits per heavy atom. The summed E-state index contributed by atoms with van der Waals surface area (Å²) in [6.07, 6.45) is 5.48. The average Bonchev–Trinajstić information content (AvgIpc) is 3.24. The Balaban J connectivity index is 1.40. The van der Waals surface area contributed by atoms with Crippen LogP contribution in [0.15, 0.2) is 30.7 Å². The van der Waals surface area contributed by atoms with Gasteiger partial charge in [-0.1, -0.05) is 6.07 Å². The maximum absolute atomic E-state index is 13.1. The topological polar surface area (TPSA) is 95.2 Å². The maximum atomic E-state index is 13.1. The van der Waals surface area contributed by atoms with Gasteiger partial charge in [0.05, 0.1) is 12.6 Å². The number of hydroxylamine groups is 2. The Morgan fingerprint density at radius 2 is 2.04 bits per heavy atom. The molecule has 2 aromatic rings. The predicted octanol–water partition coefficient (Wildman–Crippen LogP) is 2.17. The first-order valence-corrected chi connectivity index (χ1v) is 9.51. The van der Waals surface area contributed by atoms with Crippen molar-refractivity contribution >= 4 is 11.7 Å². The number of anilines is 1. The lowest BCUT2D eigenvalue weighted by Crippen LogP contribution is -2.42. The fourth-order valence-corrected chi connectivity index (χ4v) is 3.78. The molecule has 8 nitrogen and oxygen atoms in total. The number of piperidine rings is 1. The molecular formula is C20H22N6O2. The van der Waals surface area contributed by atoms with Crippen LogP contribution < -0.4 is 4.90 Å². The Labute approximate surface area is 163 Å². The molecule has 0 aromatic carbocycles. The molecular weight excluding hydrogens is 356 g/mol. The molecule has 0 spiro atoms. The summed E-state index contributed by atoms with van der Waals surface area (Å²) in [6, 6.07) is 7.63. The van der Waals surface area contributed by atoms with Gasteiger partial charge in [-0.25, -0.2) is 15.0 Å². The van der Waals surface area contributed by atoms with Crippen molar-refractivity contribution in [3.63, 3.8) is 0 Å². The van der Waals surface area contributed by atoms with Crippen LogP contribution in [0.1, 0.15) is 42.3 Å². The number of amides is 1. The van der Waals surface area contributed by atoms with Crippen LogP contribution in [0.3, 0.4) is 0 Å². The van der Waals surface area contributed by atoms with Crippen molar-refractivity contribution in [2.24, 2.45) is 5.92 Å². The third-order valence-corrected chi connectivity index (χ3v) is 5.38. The number of hydrogen-bond donors (Lipinski definition) is 0. The SMILES string of the molecule is Cc1ccc(C2CCON2C(=O)C2CCN(c3cc(C#N)ncn3)CC2)cn1. The monoisotopic (exact) mass is 378 g/mol. The largest absolute Gasteiger partial charge is 0.356 e. The number of nitriles is 1. The Bertz CT molecular complexity index is 886. The van der Waals surface area contributed by atoms with Crippen LogP contribution in [0.25, 0.3) is 0 Å². The zero-order valence-electron chi connectivity index (χ0n) is 15.8. The summed E-state index contributed by atoms with van der Waals surface area (Å²) in [7, 11) is 0. The average molecular weight is 378 g/mol. The van der Waals surface area contributed by atoms with Crippen LogP contribution in [0.2, 0.25) is 0 Å². The Hall–Kier alpha value is -3.05. The molecule has 4 heterocycles. The van der Waals surface area contributed by atoms with Gasteiger partial charge in [0.1, 0.15) is 23.9 Å². The fraction of sp³-hybridized carbons (Fsp3) is 0.450. The van der Waals surface area contributed by atoms with Crippen molar-refractivity contribution < 1.29 is 9.63 Å². The van der Waals surface area contributed by atoms with Crippen LogP contribution in [0.5, 0.6) is 0 Å². The minimum absolute atomic E-state index is 0.0446. The van der Waals surface area contributed by atoms with Crippen LogP contribution in [-0.4, -0.2) is 45.6 Å². The minimum Gasteiger partial charge on any atom is -0.356 e. The van der Waals surface area contributed by atoms with E-state index < -0.39 is 0 Å². The first kappa shape index (κ1) is 18.3. The van der Waals surface area contributed by atoms with E-state index in [1.54, 1.807) is 11.1 Å². The maximum Gasteiger partial charge on any atom is 0.249 e. The minimum atomic E-state index is -0.0764. The third kappa shape index (κ3) is 3.66. The van der Waals surface area contributed by atoms with Crippen molar-refractivity contribution in [1.82, 2.24) is 20.0 Å². The van der Waals surface area contributed by atoms with Crippen molar-refractivity contribution in [2.75, 3.05) is 24.6 Å². The van der Waals surface area contributed by atoms with Gasteiger partial charge < -0.3 is 4.90 Å². The Morgan fingerprint density at radius 1 is 1.21 bits per heavy atom. The number of hydrogen-bond acceptors (Lipinski definition) is 7. The fourth-order valence-electron chi connectivity index (χ4n) is 3.78. The molecule has 1 atom stereocenters. The number of carbonyl (C=O) groups excluding carboxylic acids is 1. The molecule has 2 aromatic heterocycles. The zero-order chi connectivity index (χ0) is 19.5. The summed E-state index contributed by atoms with van der Waals surface area (Å²) < 4.78 is 0. The van der Waals surface area contributed by atoms with Crippen molar-refractivity contribution in [2.45, 2.75) is 32.2 Å². The van der Waals surface area contributed by atoms with E-state index in [1.165, 1.54) is 6.33 Å². The summed E-state index contributed by atoms with van der Waals surface area (Å²) in [5.41, 5.74) is 2.32. The van der Waals surface area contributed by atoms with Gasteiger partial charge in [0.15, 0.2) is 0 Å². The molecule has 2 saturated heterocycles. The molecule has 1 amide bonds. The predicted molar refractivity (Wildman–Crippen MR) is 101 cm³/mol. The second kappa shape index (κ2) is 7.90. The molecule has 0 aliphatic carbocycles. The third-order valence-electron chi connectivity index (χ3n) is 5.38. The number of aromatic nitrogens is 3. The van der Waals surface area contributed by atoms with Crippen LogP contribution in [0, 0.1) is 24.2 Å². The lowest BCUT2D eigenvalue weighted by molar-refractivity contribution is -0.182. The van der Waals surface area contributed by atoms with E-state index in [2.05, 4.69) is 19.9 Å². The molecule has 2 aliphatic heterocycles. The summed E-state index contributed by atoms with van der Waals surface area (Å²) >= 11 is 0. The summed E-state index contributed by atoms with van der Waals surface area (Å²) in [5, 5.41) is 10.6. The first-order valence-electron chi connectivity index (χ1n) is 9.51. The van der Waals surface area contributed by atoms with Crippen molar-refractivity contribution in [3.05, 3.63) is 47.7 Å². The van der Waals surface area contributed by atoms with Gasteiger partial charge in [0, 0.05) is 43.4 Å². The standard InChI is InChI=1S/C20H22N6O2/c1-14-2-3-16(12-22-14)18-6-9-28-26(18)20(27)15-4-7-25(8-5-15)19-10-17(11-21)23-13-24-19/h2-3,10,12-13,15,18H,4-9H2,1H3. The molecule has 0 saturated carbocycles. The number of rotatable bonds is 3. The molecule has 2 aliphatic rings. The summed E-state index contributed by atoms with van der Waals surface area (Å²) in [6.45, 7) is 3.91. The second-order valence-electron chi connectivity index (χ2n) is 7.17. The summed E-state index contributed by atoms with van der Waals surface area (Å²) in [4.78, 5) is 33.4. The van der Waals surface area contributed by atoms with Gasteiger partial charge >= 0.3 is 0 Å². The van der Waals surface area contributed by atoms with Gasteiger partial charge in [-0.05, 0) is 31.4 Å². The summed E-state index contributed by atoms with van der Waals surface area (Å²) in [5.74, 6) is 0.703. The molecule has 4 rings (SSSR count). The van der Waals surface area contributed by atoms with E-state index in [0.29, 0.717) is 25.4 Å². The molecule has 0 N–H and O–H groups in total. The van der Waals surface area contributed by atoms with Gasteiger partial charge in [-0.2, -0.15) is 5.26 Å². The first-order chi connectivity index (χ1) is 13.7. The molecule has 0 bridgehead atoms. The molecule has 28 heavy (non-hydrogen) atoms. The van der Waals surface area contributed by atoms with E-state index in [0.717, 1.165) is 36.3 Å². The van der Waals surface area contributed by atoms with Gasteiger partial charge in [0.25, 0.3) is 0 Å². The van der Waals surface area contributed by atoms with Gasteiger partial charge in [-0.15, -0.1) is 0 Å². The van der Waals surface area contributed by atoms with Crippen LogP contribution in [-0.2, 0) is 9.63 Å². The number of nitrogens with zero attached hydrogens (tertiary/aromatic N) is 6. The Kier molecular flexibility index (Phi) is 5.17. The lowest BCUT2D eigenvalue weighted by Gasteiger charge is -2.34. The quantitative estimate of drug-likeness (QED) is 0.808. The number of aryl methyl sites for hydroxylation is 1. The highest BCUT2D eigenvalue weighted by Crippen LogP contribution is 2.33. The number of pyridine rings is 1. The number of carbonyl (C=O) groups is 1. The highest BCUT2D eigenvalue weighted by atomic mass is 16.7. The van der Waals surface area contributed by atoms with Gasteiger partial charge in [-0.3, -0.25) is 14.6 Å². The molecule has 2 fully saturated rings. The molecule has 0 radical (unpaired) electrons. The van der Waals surface area contributed by atoms with Crippen molar-refractivity contribution in [3.8, 4) is 6.07 Å². The van der Waals surface area contributed by atoms with E-state index in [9.17, 15) is 4.79 Å². The highest BCUT2D eigenvalue weighted by molar-refractivity contribution is 5.79. The van der Waals surface area contributed by atoms with Crippen LogP contribution >= 0.6 is 0 Å². The van der Waals surface area contributed by atoms with E-state index in [-0.39, 0.29) is 17.9 Å². The second-order valence-corrected chi connectivity index (χ2v) is 7.17. The van der Waals surface area contributed by atoms with E-state index in [1.807, 2.05) is 31.3 Å². The van der Waals surface area contributed by atoms with E-state index in [4.69, 9.17) is 10.1 Å². The van der Waals surface area contributed by atoms with Gasteiger partial charge in [0.2, 0.25) is 5.91 Å². The van der Waals surface area contributed by atoms with Crippen LogP contribution in [0.4, 0.5) is 5.82 Å². The molecule has 8 heteroatoms. The highest BCUT2D eigenvalue weighted by Gasteiger charge is 2.37. The molecule has 1 unspecified atom stereocenters. The smallest absolute Gasteiger partial charge is 0.249 e. The normalized spacial score (nSPS) is 20.2. The lowest BCUT2D eigenvalue weighted by atomic mass is 9.94. The zero-order valence-corrected chi connectivity index (χ0v) is 15.8. The molecule has 144 valence electrons. The van der Waals surface area contributed by atoms with Crippen molar-refractivity contribution in [1.29, 1.82) is 5.26 Å². The van der Waals surface area contributed by atoms with E-state index >= 15 is 0 Å².